The zero-order valence-corrected chi connectivity index (χ0v) is 12.8. The molecule has 0 aliphatic rings. The maximum atomic E-state index is 9.26. The van der Waals surface area contributed by atoms with E-state index in [1.807, 2.05) is 0 Å². The SMILES string of the molecule is O=C(O)C[S-].O=C(O)C[S-].[Hg+2]. The molecule has 7 heteroatoms. The van der Waals surface area contributed by atoms with E-state index in [9.17, 15) is 9.59 Å². The predicted molar refractivity (Wildman–Crippen MR) is 39.7 cm³/mol. The van der Waals surface area contributed by atoms with E-state index in [2.05, 4.69) is 25.3 Å². The largest absolute Gasteiger partial charge is 2.00 e. The molecular weight excluding hydrogens is 377 g/mol. The van der Waals surface area contributed by atoms with Gasteiger partial charge in [-0.3, -0.25) is 9.59 Å². The first-order chi connectivity index (χ1) is 4.54. The summed E-state index contributed by atoms with van der Waals surface area (Å²) in [6.07, 6.45) is 0. The molecule has 0 spiro atoms. The minimum absolute atomic E-state index is 0. The molecule has 0 unspecified atom stereocenters. The molecule has 0 radical (unpaired) electrons. The van der Waals surface area contributed by atoms with Crippen LogP contribution < -0.4 is 0 Å². The summed E-state index contributed by atoms with van der Waals surface area (Å²) in [5, 5.41) is 15.2. The molecule has 0 heterocycles. The first-order valence-corrected chi connectivity index (χ1v) is 3.29. The van der Waals surface area contributed by atoms with Crippen molar-refractivity contribution in [3.05, 3.63) is 0 Å². The Hall–Kier alpha value is 0.575. The molecule has 0 bridgehead atoms. The summed E-state index contributed by atoms with van der Waals surface area (Å²) in [6.45, 7) is 0. The van der Waals surface area contributed by atoms with Crippen LogP contribution in [0.25, 0.3) is 0 Å². The van der Waals surface area contributed by atoms with E-state index in [-0.39, 0.29) is 39.2 Å². The van der Waals surface area contributed by atoms with Gasteiger partial charge in [-0.2, -0.15) is 0 Å². The summed E-state index contributed by atoms with van der Waals surface area (Å²) in [5.74, 6) is -2.25. The van der Waals surface area contributed by atoms with E-state index < -0.39 is 11.9 Å². The van der Waals surface area contributed by atoms with Gasteiger partial charge in [0.25, 0.3) is 11.9 Å². The summed E-state index contributed by atoms with van der Waals surface area (Å²) in [6, 6.07) is 0. The molecule has 2 N–H and O–H groups in total. The summed E-state index contributed by atoms with van der Waals surface area (Å²) in [7, 11) is 0. The van der Waals surface area contributed by atoms with Crippen LogP contribution in [0.15, 0.2) is 0 Å². The zero-order chi connectivity index (χ0) is 8.57. The monoisotopic (exact) mass is 384 g/mol. The fraction of sp³-hybridized carbons (Fsp3) is 0.500. The van der Waals surface area contributed by atoms with E-state index in [0.29, 0.717) is 0 Å². The van der Waals surface area contributed by atoms with E-state index in [0.717, 1.165) is 0 Å². The number of carbonyl (C=O) groups is 2. The van der Waals surface area contributed by atoms with E-state index in [1.54, 1.807) is 0 Å². The summed E-state index contributed by atoms with van der Waals surface area (Å²) in [5.41, 5.74) is 0. The molecule has 60 valence electrons. The maximum absolute atomic E-state index is 9.26. The third-order valence-electron chi connectivity index (χ3n) is 0.247. The fourth-order valence-corrected chi connectivity index (χ4v) is 0. The van der Waals surface area contributed by atoms with Gasteiger partial charge in [0.1, 0.15) is 0 Å². The average molecular weight is 383 g/mol. The van der Waals surface area contributed by atoms with Gasteiger partial charge in [-0.1, -0.05) is 11.5 Å². The molecule has 0 aliphatic heterocycles. The van der Waals surface area contributed by atoms with Gasteiger partial charge in [-0.15, -0.1) is 0 Å². The first kappa shape index (κ1) is 17.6. The van der Waals surface area contributed by atoms with Crippen LogP contribution in [0.5, 0.6) is 0 Å². The van der Waals surface area contributed by atoms with Crippen LogP contribution in [-0.2, 0) is 62.5 Å². The van der Waals surface area contributed by atoms with Crippen LogP contribution in [0.4, 0.5) is 0 Å². The molecule has 0 fully saturated rings. The van der Waals surface area contributed by atoms with Gasteiger partial charge >= 0.3 is 27.7 Å². The zero-order valence-electron chi connectivity index (χ0n) is 5.65. The van der Waals surface area contributed by atoms with Gasteiger partial charge in [0.2, 0.25) is 0 Å². The van der Waals surface area contributed by atoms with Crippen molar-refractivity contribution in [1.82, 2.24) is 0 Å². The molecule has 0 aromatic rings. The third-order valence-corrected chi connectivity index (χ3v) is 0.741. The summed E-state index contributed by atoms with van der Waals surface area (Å²) in [4.78, 5) is 18.5. The van der Waals surface area contributed by atoms with Gasteiger partial charge in [0.15, 0.2) is 0 Å². The Morgan fingerprint density at radius 1 is 1.00 bits per heavy atom. The third kappa shape index (κ3) is 37.2. The number of rotatable bonds is 2. The summed E-state index contributed by atoms with van der Waals surface area (Å²) >= 11 is 8.15. The van der Waals surface area contributed by atoms with Crippen LogP contribution in [0.1, 0.15) is 0 Å². The molecule has 0 rings (SSSR count). The maximum Gasteiger partial charge on any atom is 2.00 e. The Morgan fingerprint density at radius 3 is 1.09 bits per heavy atom. The molecule has 11 heavy (non-hydrogen) atoms. The molecule has 0 amide bonds. The topological polar surface area (TPSA) is 74.6 Å². The van der Waals surface area contributed by atoms with Crippen LogP contribution in [0, 0.1) is 0 Å². The standard InChI is InChI=1S/2C2H4O2S.Hg/c2*3-2(4)1-5;/h2*5H,1H2,(H,3,4);/q;;+2/p-2. The van der Waals surface area contributed by atoms with Crippen LogP contribution in [-0.4, -0.2) is 33.7 Å². The molecule has 4 nitrogen and oxygen atoms in total. The molecular formula is C4H6HgO4S2. The molecule has 0 aliphatic carbocycles. The van der Waals surface area contributed by atoms with Gasteiger partial charge in [0, 0.05) is 0 Å². The molecule has 0 saturated heterocycles. The van der Waals surface area contributed by atoms with Crippen LogP contribution >= 0.6 is 0 Å². The Bertz CT molecular complexity index is 105. The molecule has 0 atom stereocenters. The molecule has 0 saturated carbocycles. The quantitative estimate of drug-likeness (QED) is 0.483. The van der Waals surface area contributed by atoms with Gasteiger partial charge < -0.3 is 35.5 Å². The van der Waals surface area contributed by atoms with E-state index >= 15 is 0 Å². The Kier molecular flexibility index (Phi) is 21.1. The predicted octanol–water partition coefficient (Wildman–Crippen LogP) is -0.767. The second-order valence-electron chi connectivity index (χ2n) is 1.08. The normalized spacial score (nSPS) is 6.73. The van der Waals surface area contributed by atoms with Crippen molar-refractivity contribution in [2.45, 2.75) is 0 Å². The Balaban J connectivity index is -0.000000107. The van der Waals surface area contributed by atoms with Crippen molar-refractivity contribution in [1.29, 1.82) is 0 Å². The second kappa shape index (κ2) is 13.2. The first-order valence-electron chi connectivity index (χ1n) is 2.14. The number of aliphatic carboxylic acids is 2. The minimum Gasteiger partial charge on any atom is -0.782 e. The fourth-order valence-electron chi connectivity index (χ4n) is 0. The number of hydrogen-bond acceptors (Lipinski definition) is 4. The number of hydrogen-bond donors (Lipinski definition) is 2. The van der Waals surface area contributed by atoms with Gasteiger partial charge in [0.05, 0.1) is 0 Å². The number of carboxylic acid groups (broad SMARTS) is 2. The van der Waals surface area contributed by atoms with Crippen molar-refractivity contribution in [2.24, 2.45) is 0 Å². The summed E-state index contributed by atoms with van der Waals surface area (Å²) < 4.78 is 0. The smallest absolute Gasteiger partial charge is 0.782 e. The minimum atomic E-state index is -0.931. The van der Waals surface area contributed by atoms with Gasteiger partial charge in [-0.05, 0) is 0 Å². The van der Waals surface area contributed by atoms with Crippen molar-refractivity contribution < 1.29 is 47.5 Å². The van der Waals surface area contributed by atoms with Crippen molar-refractivity contribution in [2.75, 3.05) is 11.5 Å². The van der Waals surface area contributed by atoms with Crippen molar-refractivity contribution in [3.8, 4) is 0 Å². The average Bonchev–Trinajstić information content (AvgIpc) is 1.89. The number of carboxylic acids is 2. The van der Waals surface area contributed by atoms with Crippen molar-refractivity contribution in [3.63, 3.8) is 0 Å². The molecule has 0 aromatic carbocycles. The molecule has 0 aromatic heterocycles. The Morgan fingerprint density at radius 2 is 1.09 bits per heavy atom. The second-order valence-corrected chi connectivity index (χ2v) is 1.65. The van der Waals surface area contributed by atoms with Crippen molar-refractivity contribution >= 4 is 37.2 Å². The van der Waals surface area contributed by atoms with Gasteiger partial charge in [-0.25, -0.2) is 0 Å². The van der Waals surface area contributed by atoms with E-state index in [1.165, 1.54) is 0 Å². The Labute approximate surface area is 95.7 Å². The van der Waals surface area contributed by atoms with E-state index in [4.69, 9.17) is 10.2 Å². The van der Waals surface area contributed by atoms with Crippen LogP contribution in [0.2, 0.25) is 0 Å². The van der Waals surface area contributed by atoms with Crippen LogP contribution in [0.3, 0.4) is 0 Å².